The average Bonchev–Trinajstić information content (AvgIpc) is 2.98. The zero-order valence-corrected chi connectivity index (χ0v) is 14.1. The van der Waals surface area contributed by atoms with E-state index < -0.39 is 0 Å². The van der Waals surface area contributed by atoms with Crippen molar-refractivity contribution in [3.05, 3.63) is 44.4 Å². The first-order chi connectivity index (χ1) is 9.70. The van der Waals surface area contributed by atoms with Crippen molar-refractivity contribution in [3.63, 3.8) is 0 Å². The lowest BCUT2D eigenvalue weighted by Crippen LogP contribution is -2.06. The van der Waals surface area contributed by atoms with Crippen LogP contribution in [0, 0.1) is 6.92 Å². The molecule has 3 aromatic heterocycles. The van der Waals surface area contributed by atoms with Gasteiger partial charge in [0, 0.05) is 27.8 Å². The molecule has 0 spiro atoms. The van der Waals surface area contributed by atoms with Crippen molar-refractivity contribution in [1.82, 2.24) is 14.5 Å². The maximum atomic E-state index is 5.91. The molecule has 0 amide bonds. The van der Waals surface area contributed by atoms with Crippen molar-refractivity contribution >= 4 is 50.0 Å². The van der Waals surface area contributed by atoms with Crippen molar-refractivity contribution in [2.24, 2.45) is 0 Å². The number of pyridine rings is 1. The minimum atomic E-state index is 0.563. The van der Waals surface area contributed by atoms with Crippen LogP contribution in [-0.2, 0) is 13.0 Å². The summed E-state index contributed by atoms with van der Waals surface area (Å²) in [5.74, 6) is 1.56. The summed E-state index contributed by atoms with van der Waals surface area (Å²) >= 11 is 11.2. The maximum absolute atomic E-state index is 5.91. The Morgan fingerprint density at radius 3 is 2.95 bits per heavy atom. The Hall–Kier alpha value is -0.910. The minimum absolute atomic E-state index is 0.563. The van der Waals surface area contributed by atoms with Gasteiger partial charge in [0.05, 0.1) is 6.54 Å². The van der Waals surface area contributed by atoms with Crippen LogP contribution in [0.25, 0.3) is 11.2 Å². The van der Waals surface area contributed by atoms with Crippen LogP contribution in [0.5, 0.6) is 0 Å². The monoisotopic (exact) mass is 369 g/mol. The highest BCUT2D eigenvalue weighted by Gasteiger charge is 2.14. The normalized spacial score (nSPS) is 11.3. The highest BCUT2D eigenvalue weighted by molar-refractivity contribution is 9.10. The Labute approximate surface area is 134 Å². The largest absolute Gasteiger partial charge is 0.307 e. The molecule has 0 bridgehead atoms. The molecule has 0 fully saturated rings. The lowest BCUT2D eigenvalue weighted by atomic mass is 10.3. The highest BCUT2D eigenvalue weighted by atomic mass is 79.9. The third-order valence-electron chi connectivity index (χ3n) is 3.23. The molecule has 0 unspecified atom stereocenters. The number of fused-ring (bicyclic) bond motifs is 1. The van der Waals surface area contributed by atoms with Gasteiger partial charge >= 0.3 is 0 Å². The number of rotatable bonds is 4. The lowest BCUT2D eigenvalue weighted by molar-refractivity contribution is 0.754. The van der Waals surface area contributed by atoms with E-state index >= 15 is 0 Å². The zero-order valence-electron chi connectivity index (χ0n) is 10.9. The van der Waals surface area contributed by atoms with Gasteiger partial charge in [0.25, 0.3) is 0 Å². The number of hydrogen-bond donors (Lipinski definition) is 0. The predicted octanol–water partition coefficient (Wildman–Crippen LogP) is 4.39. The summed E-state index contributed by atoms with van der Waals surface area (Å²) in [7, 11) is 0. The lowest BCUT2D eigenvalue weighted by Gasteiger charge is -2.07. The number of halogens is 2. The van der Waals surface area contributed by atoms with E-state index in [1.165, 1.54) is 4.88 Å². The van der Waals surface area contributed by atoms with Gasteiger partial charge < -0.3 is 4.57 Å². The first-order valence-electron chi connectivity index (χ1n) is 6.29. The number of thiophene rings is 1. The van der Waals surface area contributed by atoms with Crippen LogP contribution in [0.15, 0.2) is 28.2 Å². The fourth-order valence-corrected chi connectivity index (χ4v) is 3.84. The Morgan fingerprint density at radius 2 is 2.25 bits per heavy atom. The predicted molar refractivity (Wildman–Crippen MR) is 87.8 cm³/mol. The third kappa shape index (κ3) is 2.50. The van der Waals surface area contributed by atoms with E-state index in [-0.39, 0.29) is 0 Å². The molecule has 0 saturated heterocycles. The maximum Gasteiger partial charge on any atom is 0.160 e. The number of alkyl halides is 1. The number of aryl methyl sites for hydroxylation is 2. The van der Waals surface area contributed by atoms with Crippen molar-refractivity contribution in [3.8, 4) is 0 Å². The van der Waals surface area contributed by atoms with E-state index in [2.05, 4.69) is 43.9 Å². The second kappa shape index (κ2) is 5.84. The standard InChI is InChI=1S/C14H13BrClN3S/c1-9-3-6-17-14-13(9)18-12(2-5-16)19(14)8-11-10(15)4-7-20-11/h3-4,6-7H,2,5,8H2,1H3. The van der Waals surface area contributed by atoms with E-state index in [0.717, 1.165) is 40.0 Å². The molecule has 20 heavy (non-hydrogen) atoms. The van der Waals surface area contributed by atoms with Crippen LogP contribution >= 0.6 is 38.9 Å². The number of imidazole rings is 1. The molecule has 0 radical (unpaired) electrons. The van der Waals surface area contributed by atoms with Gasteiger partial charge in [-0.05, 0) is 45.9 Å². The van der Waals surface area contributed by atoms with Crippen LogP contribution in [0.4, 0.5) is 0 Å². The first kappa shape index (κ1) is 14.0. The van der Waals surface area contributed by atoms with Gasteiger partial charge in [0.1, 0.15) is 11.3 Å². The minimum Gasteiger partial charge on any atom is -0.307 e. The van der Waals surface area contributed by atoms with Crippen LogP contribution in [0.2, 0.25) is 0 Å². The molecule has 6 heteroatoms. The molecule has 3 heterocycles. The number of aromatic nitrogens is 3. The first-order valence-corrected chi connectivity index (χ1v) is 8.50. The molecule has 0 aromatic carbocycles. The zero-order chi connectivity index (χ0) is 14.1. The van der Waals surface area contributed by atoms with Crippen molar-refractivity contribution < 1.29 is 0 Å². The molecule has 0 aliphatic rings. The van der Waals surface area contributed by atoms with Gasteiger partial charge in [-0.3, -0.25) is 0 Å². The van der Waals surface area contributed by atoms with Gasteiger partial charge in [-0.1, -0.05) is 0 Å². The summed E-state index contributed by atoms with van der Waals surface area (Å²) < 4.78 is 3.30. The summed E-state index contributed by atoms with van der Waals surface area (Å²) in [4.78, 5) is 10.5. The Kier molecular flexibility index (Phi) is 4.10. The molecule has 0 saturated carbocycles. The Balaban J connectivity index is 2.14. The summed E-state index contributed by atoms with van der Waals surface area (Å²) in [6.07, 6.45) is 2.59. The Bertz CT molecular complexity index is 750. The molecule has 0 aliphatic heterocycles. The van der Waals surface area contributed by atoms with Crippen molar-refractivity contribution in [1.29, 1.82) is 0 Å². The molecule has 0 atom stereocenters. The van der Waals surface area contributed by atoms with Gasteiger partial charge in [-0.15, -0.1) is 22.9 Å². The molecule has 3 rings (SSSR count). The topological polar surface area (TPSA) is 30.7 Å². The van der Waals surface area contributed by atoms with E-state index in [1.54, 1.807) is 11.3 Å². The fourth-order valence-electron chi connectivity index (χ4n) is 2.21. The molecule has 3 nitrogen and oxygen atoms in total. The van der Waals surface area contributed by atoms with Crippen molar-refractivity contribution in [2.75, 3.05) is 5.88 Å². The molecule has 0 aliphatic carbocycles. The van der Waals surface area contributed by atoms with Crippen molar-refractivity contribution in [2.45, 2.75) is 19.9 Å². The number of nitrogens with zero attached hydrogens (tertiary/aromatic N) is 3. The smallest absolute Gasteiger partial charge is 0.160 e. The summed E-state index contributed by atoms with van der Waals surface area (Å²) in [5.41, 5.74) is 3.06. The fraction of sp³-hybridized carbons (Fsp3) is 0.286. The Morgan fingerprint density at radius 1 is 1.40 bits per heavy atom. The molecular weight excluding hydrogens is 358 g/mol. The van der Waals surface area contributed by atoms with E-state index in [4.69, 9.17) is 16.6 Å². The van der Waals surface area contributed by atoms with Crippen LogP contribution in [0.1, 0.15) is 16.3 Å². The SMILES string of the molecule is Cc1ccnc2c1nc(CCCl)n2Cc1sccc1Br. The average molecular weight is 371 g/mol. The number of hydrogen-bond acceptors (Lipinski definition) is 3. The van der Waals surface area contributed by atoms with Gasteiger partial charge in [-0.25, -0.2) is 9.97 Å². The van der Waals surface area contributed by atoms with Gasteiger partial charge in [-0.2, -0.15) is 0 Å². The molecule has 0 N–H and O–H groups in total. The van der Waals surface area contributed by atoms with Crippen LogP contribution < -0.4 is 0 Å². The quantitative estimate of drug-likeness (QED) is 0.638. The van der Waals surface area contributed by atoms with E-state index in [1.807, 2.05) is 12.3 Å². The molecule has 3 aromatic rings. The summed E-state index contributed by atoms with van der Waals surface area (Å²) in [5, 5.41) is 2.08. The highest BCUT2D eigenvalue weighted by Crippen LogP contribution is 2.26. The van der Waals surface area contributed by atoms with E-state index in [0.29, 0.717) is 5.88 Å². The molecular formula is C14H13BrClN3S. The second-order valence-corrected chi connectivity index (χ2v) is 6.78. The molecule has 104 valence electrons. The third-order valence-corrected chi connectivity index (χ3v) is 5.33. The summed E-state index contributed by atoms with van der Waals surface area (Å²) in [6, 6.07) is 4.06. The van der Waals surface area contributed by atoms with Crippen LogP contribution in [0.3, 0.4) is 0 Å². The second-order valence-electron chi connectivity index (χ2n) is 4.54. The van der Waals surface area contributed by atoms with E-state index in [9.17, 15) is 0 Å². The van der Waals surface area contributed by atoms with Crippen LogP contribution in [-0.4, -0.2) is 20.4 Å². The van der Waals surface area contributed by atoms with Gasteiger partial charge in [0.15, 0.2) is 5.65 Å². The van der Waals surface area contributed by atoms with Gasteiger partial charge in [0.2, 0.25) is 0 Å². The summed E-state index contributed by atoms with van der Waals surface area (Å²) in [6.45, 7) is 2.84.